The van der Waals surface area contributed by atoms with E-state index in [1.54, 1.807) is 6.07 Å². The van der Waals surface area contributed by atoms with Crippen LogP contribution in [-0.2, 0) is 6.42 Å². The molecule has 222 valence electrons. The smallest absolute Gasteiger partial charge is 0.149 e. The Bertz CT molecular complexity index is 1980. The molecule has 0 aliphatic heterocycles. The van der Waals surface area contributed by atoms with E-state index >= 15 is 0 Å². The molecule has 2 heterocycles. The van der Waals surface area contributed by atoms with Crippen molar-refractivity contribution < 1.29 is 5.11 Å². The molecule has 44 heavy (non-hydrogen) atoms. The number of phenolic OH excluding ortho intramolecular Hbond substituents is 1. The highest BCUT2D eigenvalue weighted by Gasteiger charge is 2.23. The zero-order valence-electron chi connectivity index (χ0n) is 26.8. The number of benzene rings is 4. The third-order valence-electron chi connectivity index (χ3n) is 8.39. The number of rotatable bonds is 7. The van der Waals surface area contributed by atoms with Crippen LogP contribution in [0, 0.1) is 19.8 Å². The Morgan fingerprint density at radius 1 is 0.773 bits per heavy atom. The maximum atomic E-state index is 10.9. The number of pyridine rings is 1. The van der Waals surface area contributed by atoms with Crippen LogP contribution in [0.5, 0.6) is 5.75 Å². The average molecular weight is 596 g/mol. The highest BCUT2D eigenvalue weighted by molar-refractivity contribution is 6.89. The number of aromatic hydroxyl groups is 1. The number of nitrogens with zero attached hydrogens (tertiary/aromatic N) is 3. The van der Waals surface area contributed by atoms with Crippen LogP contribution >= 0.6 is 0 Å². The minimum Gasteiger partial charge on any atom is -0.507 e. The molecular formula is C39H41N3OSi. The topological polar surface area (TPSA) is 50.9 Å². The summed E-state index contributed by atoms with van der Waals surface area (Å²) < 4.78 is 2.21. The van der Waals surface area contributed by atoms with Crippen LogP contribution < -0.4 is 5.19 Å². The maximum Gasteiger partial charge on any atom is 0.149 e. The fourth-order valence-electron chi connectivity index (χ4n) is 6.35. The van der Waals surface area contributed by atoms with Gasteiger partial charge < -0.3 is 5.11 Å². The number of hydrogen-bond acceptors (Lipinski definition) is 3. The molecule has 0 saturated carbocycles. The lowest BCUT2D eigenvalue weighted by Crippen LogP contribution is -2.40. The summed E-state index contributed by atoms with van der Waals surface area (Å²) in [7, 11) is -1.53. The second kappa shape index (κ2) is 11.5. The Morgan fingerprint density at radius 2 is 1.43 bits per heavy atom. The molecule has 4 aromatic carbocycles. The van der Waals surface area contributed by atoms with Gasteiger partial charge in [0.1, 0.15) is 11.6 Å². The Morgan fingerprint density at radius 3 is 2.14 bits per heavy atom. The number of phenols is 1. The van der Waals surface area contributed by atoms with E-state index in [9.17, 15) is 5.11 Å². The van der Waals surface area contributed by atoms with E-state index < -0.39 is 8.07 Å². The molecule has 0 spiro atoms. The average Bonchev–Trinajstić information content (AvgIpc) is 3.35. The first kappa shape index (κ1) is 29.6. The van der Waals surface area contributed by atoms with E-state index in [0.29, 0.717) is 11.5 Å². The first-order valence-corrected chi connectivity index (χ1v) is 19.0. The van der Waals surface area contributed by atoms with Gasteiger partial charge in [0.25, 0.3) is 0 Å². The van der Waals surface area contributed by atoms with E-state index in [1.165, 1.54) is 10.8 Å². The first-order valence-electron chi connectivity index (χ1n) is 15.5. The third-order valence-corrected chi connectivity index (χ3v) is 10.5. The molecule has 0 atom stereocenters. The number of fused-ring (bicyclic) bond motifs is 1. The standard InChI is InChI=1S/C39H41N3OSi/c1-25(2)21-30-23-33(40-24-36(30)44(5,6)7)29-16-11-15-28(22-29)31-18-12-19-34-37(31)41-39(32-17-8-9-20-35(32)43)42(34)38-26(3)13-10-14-27(38)4/h8-20,22-25,43H,21H2,1-7H3. The lowest BCUT2D eigenvalue weighted by molar-refractivity contribution is 0.477. The largest absolute Gasteiger partial charge is 0.507 e. The van der Waals surface area contributed by atoms with Gasteiger partial charge in [-0.1, -0.05) is 94.2 Å². The van der Waals surface area contributed by atoms with Gasteiger partial charge in [0.2, 0.25) is 0 Å². The molecule has 2 aromatic heterocycles. The van der Waals surface area contributed by atoms with E-state index in [4.69, 9.17) is 9.97 Å². The summed E-state index contributed by atoms with van der Waals surface area (Å²) in [5.74, 6) is 1.51. The van der Waals surface area contributed by atoms with Crippen molar-refractivity contribution in [1.82, 2.24) is 14.5 Å². The van der Waals surface area contributed by atoms with Crippen LogP contribution in [0.25, 0.3) is 50.5 Å². The molecule has 0 radical (unpaired) electrons. The Kier molecular flexibility index (Phi) is 7.76. The molecule has 0 saturated heterocycles. The van der Waals surface area contributed by atoms with Crippen LogP contribution in [0.1, 0.15) is 30.5 Å². The molecule has 0 aliphatic carbocycles. The number of para-hydroxylation sites is 3. The molecular weight excluding hydrogens is 555 g/mol. The van der Waals surface area contributed by atoms with Gasteiger partial charge >= 0.3 is 0 Å². The summed E-state index contributed by atoms with van der Waals surface area (Å²) >= 11 is 0. The van der Waals surface area contributed by atoms with E-state index in [0.717, 1.165) is 62.5 Å². The molecule has 0 amide bonds. The van der Waals surface area contributed by atoms with Gasteiger partial charge in [0.05, 0.1) is 36.1 Å². The molecule has 4 nitrogen and oxygen atoms in total. The van der Waals surface area contributed by atoms with E-state index in [2.05, 4.69) is 125 Å². The third kappa shape index (κ3) is 5.48. The van der Waals surface area contributed by atoms with Crippen molar-refractivity contribution in [2.24, 2.45) is 5.92 Å². The van der Waals surface area contributed by atoms with Crippen LogP contribution in [0.4, 0.5) is 0 Å². The van der Waals surface area contributed by atoms with E-state index in [-0.39, 0.29) is 5.75 Å². The Balaban J connectivity index is 1.55. The molecule has 0 bridgehead atoms. The van der Waals surface area contributed by atoms with Gasteiger partial charge in [0.15, 0.2) is 0 Å². The van der Waals surface area contributed by atoms with Crippen molar-refractivity contribution in [3.63, 3.8) is 0 Å². The second-order valence-electron chi connectivity index (χ2n) is 13.4. The molecule has 5 heteroatoms. The molecule has 6 aromatic rings. The second-order valence-corrected chi connectivity index (χ2v) is 18.4. The normalized spacial score (nSPS) is 11.9. The monoisotopic (exact) mass is 595 g/mol. The molecule has 0 unspecified atom stereocenters. The molecule has 6 rings (SSSR count). The fraction of sp³-hybridized carbons (Fsp3) is 0.231. The maximum absolute atomic E-state index is 10.9. The number of aromatic nitrogens is 3. The van der Waals surface area contributed by atoms with Gasteiger partial charge in [-0.15, -0.1) is 0 Å². The summed E-state index contributed by atoms with van der Waals surface area (Å²) in [6, 6.07) is 31.1. The van der Waals surface area contributed by atoms with Crippen LogP contribution in [0.2, 0.25) is 19.6 Å². The summed E-state index contributed by atoms with van der Waals surface area (Å²) in [5.41, 5.74) is 11.7. The highest BCUT2D eigenvalue weighted by atomic mass is 28.3. The minimum absolute atomic E-state index is 0.212. The van der Waals surface area contributed by atoms with Gasteiger partial charge in [-0.25, -0.2) is 4.98 Å². The van der Waals surface area contributed by atoms with Crippen molar-refractivity contribution in [1.29, 1.82) is 0 Å². The first-order chi connectivity index (χ1) is 21.0. The zero-order valence-corrected chi connectivity index (χ0v) is 27.8. The van der Waals surface area contributed by atoms with Crippen LogP contribution in [0.3, 0.4) is 0 Å². The van der Waals surface area contributed by atoms with Gasteiger partial charge in [-0.2, -0.15) is 0 Å². The van der Waals surface area contributed by atoms with Crippen LogP contribution in [0.15, 0.2) is 97.2 Å². The number of hydrogen-bond donors (Lipinski definition) is 1. The lowest BCUT2D eigenvalue weighted by Gasteiger charge is -2.22. The predicted molar refractivity (Wildman–Crippen MR) is 188 cm³/mol. The summed E-state index contributed by atoms with van der Waals surface area (Å²) in [6.07, 6.45) is 3.19. The quantitative estimate of drug-likeness (QED) is 0.187. The number of imidazole rings is 1. The van der Waals surface area contributed by atoms with Crippen molar-refractivity contribution in [2.45, 2.75) is 53.8 Å². The van der Waals surface area contributed by atoms with Crippen LogP contribution in [-0.4, -0.2) is 27.7 Å². The van der Waals surface area contributed by atoms with Gasteiger partial charge in [-0.05, 0) is 84.0 Å². The fourth-order valence-corrected chi connectivity index (χ4v) is 7.93. The zero-order chi connectivity index (χ0) is 31.2. The number of aryl methyl sites for hydroxylation is 2. The van der Waals surface area contributed by atoms with Crippen molar-refractivity contribution in [2.75, 3.05) is 0 Å². The van der Waals surface area contributed by atoms with Crippen molar-refractivity contribution >= 4 is 24.3 Å². The Hall–Kier alpha value is -4.48. The Labute approximate surface area is 262 Å². The minimum atomic E-state index is -1.53. The predicted octanol–water partition coefficient (Wildman–Crippen LogP) is 9.49. The lowest BCUT2D eigenvalue weighted by atomic mass is 9.98. The summed E-state index contributed by atoms with van der Waals surface area (Å²) in [5, 5.41) is 12.4. The summed E-state index contributed by atoms with van der Waals surface area (Å²) in [4.78, 5) is 10.3. The van der Waals surface area contributed by atoms with Crippen molar-refractivity contribution in [3.8, 4) is 45.2 Å². The summed E-state index contributed by atoms with van der Waals surface area (Å²) in [6.45, 7) is 16.0. The van der Waals surface area contributed by atoms with Gasteiger partial charge in [-0.3, -0.25) is 9.55 Å². The highest BCUT2D eigenvalue weighted by Crippen LogP contribution is 2.39. The SMILES string of the molecule is Cc1cccc(C)c1-n1c(-c2ccccc2O)nc2c(-c3cccc(-c4cc(CC(C)C)c([Si](C)(C)C)cn4)c3)cccc21. The molecule has 0 fully saturated rings. The molecule has 1 N–H and O–H groups in total. The van der Waals surface area contributed by atoms with Crippen molar-refractivity contribution in [3.05, 3.63) is 114 Å². The van der Waals surface area contributed by atoms with Gasteiger partial charge in [0, 0.05) is 17.3 Å². The molecule has 0 aliphatic rings. The van der Waals surface area contributed by atoms with E-state index in [1.807, 2.05) is 18.2 Å².